The lowest BCUT2D eigenvalue weighted by atomic mass is 10.2. The Labute approximate surface area is 105 Å². The maximum Gasteiger partial charge on any atom is 0.345 e. The van der Waals surface area contributed by atoms with Gasteiger partial charge in [0.25, 0.3) is 5.91 Å². The van der Waals surface area contributed by atoms with Crippen LogP contribution in [0.5, 0.6) is 0 Å². The van der Waals surface area contributed by atoms with Gasteiger partial charge in [-0.25, -0.2) is 4.79 Å². The molecule has 0 atom stereocenters. The molecule has 6 heteroatoms. The molecule has 0 unspecified atom stereocenters. The Bertz CT molecular complexity index is 477. The predicted octanol–water partition coefficient (Wildman–Crippen LogP) is 0.638. The van der Waals surface area contributed by atoms with Crippen LogP contribution in [-0.4, -0.2) is 43.8 Å². The van der Waals surface area contributed by atoms with Crippen molar-refractivity contribution in [1.82, 2.24) is 10.3 Å². The summed E-state index contributed by atoms with van der Waals surface area (Å²) in [4.78, 5) is 24.5. The van der Waals surface area contributed by atoms with Gasteiger partial charge in [0.05, 0.1) is 6.21 Å². The highest BCUT2D eigenvalue weighted by Crippen LogP contribution is 2.11. The number of nitrogens with one attached hydrogen (secondary N) is 1. The Kier molecular flexibility index (Phi) is 3.27. The van der Waals surface area contributed by atoms with E-state index in [1.807, 2.05) is 43.3 Å². The Morgan fingerprint density at radius 1 is 1.28 bits per heavy atom. The summed E-state index contributed by atoms with van der Waals surface area (Å²) < 4.78 is 0. The first-order chi connectivity index (χ1) is 8.58. The number of anilines is 1. The minimum absolute atomic E-state index is 0.00966. The molecule has 0 spiro atoms. The van der Waals surface area contributed by atoms with E-state index in [-0.39, 0.29) is 12.5 Å². The molecule has 0 radical (unpaired) electrons. The highest BCUT2D eigenvalue weighted by molar-refractivity contribution is 6.02. The lowest BCUT2D eigenvalue weighted by Gasteiger charge is -2.11. The number of amides is 3. The quantitative estimate of drug-likeness (QED) is 0.628. The number of carbonyl (C=O) groups is 2. The van der Waals surface area contributed by atoms with Crippen molar-refractivity contribution in [2.45, 2.75) is 0 Å². The third-order valence-electron chi connectivity index (χ3n) is 2.55. The second-order valence-corrected chi connectivity index (χ2v) is 4.09. The van der Waals surface area contributed by atoms with Crippen molar-refractivity contribution in [2.24, 2.45) is 5.10 Å². The van der Waals surface area contributed by atoms with E-state index < -0.39 is 6.03 Å². The molecule has 1 aliphatic rings. The summed E-state index contributed by atoms with van der Waals surface area (Å²) in [5, 5.41) is 7.09. The first-order valence-corrected chi connectivity index (χ1v) is 5.50. The monoisotopic (exact) mass is 246 g/mol. The molecular weight excluding hydrogens is 232 g/mol. The van der Waals surface area contributed by atoms with Gasteiger partial charge in [-0.1, -0.05) is 12.1 Å². The normalized spacial score (nSPS) is 15.3. The SMILES string of the molecule is CN(C)c1ccc(/C=N/N2C(=O)CNC2=O)cc1. The molecular formula is C12H14N4O2. The molecule has 1 fully saturated rings. The number of hydrazone groups is 1. The molecule has 6 nitrogen and oxygen atoms in total. The lowest BCUT2D eigenvalue weighted by molar-refractivity contribution is -0.124. The summed E-state index contributed by atoms with van der Waals surface area (Å²) in [6, 6.07) is 7.14. The van der Waals surface area contributed by atoms with E-state index in [0.29, 0.717) is 0 Å². The van der Waals surface area contributed by atoms with Crippen LogP contribution < -0.4 is 10.2 Å². The second-order valence-electron chi connectivity index (χ2n) is 4.09. The van der Waals surface area contributed by atoms with Gasteiger partial charge in [-0.15, -0.1) is 5.01 Å². The molecule has 3 amide bonds. The van der Waals surface area contributed by atoms with Gasteiger partial charge in [-0.2, -0.15) is 5.10 Å². The molecule has 94 valence electrons. The number of urea groups is 1. The van der Waals surface area contributed by atoms with Crippen LogP contribution in [-0.2, 0) is 4.79 Å². The molecule has 2 rings (SSSR count). The maximum absolute atomic E-state index is 11.3. The zero-order valence-corrected chi connectivity index (χ0v) is 10.3. The van der Waals surface area contributed by atoms with Crippen molar-refractivity contribution in [3.05, 3.63) is 29.8 Å². The third kappa shape index (κ3) is 2.48. The van der Waals surface area contributed by atoms with E-state index in [9.17, 15) is 9.59 Å². The Morgan fingerprint density at radius 3 is 2.44 bits per heavy atom. The fraction of sp³-hybridized carbons (Fsp3) is 0.250. The number of hydrogen-bond donors (Lipinski definition) is 1. The number of imide groups is 1. The van der Waals surface area contributed by atoms with Crippen molar-refractivity contribution in [1.29, 1.82) is 0 Å². The molecule has 1 N–H and O–H groups in total. The van der Waals surface area contributed by atoms with Crippen LogP contribution in [0.1, 0.15) is 5.56 Å². The summed E-state index contributed by atoms with van der Waals surface area (Å²) in [5.41, 5.74) is 1.90. The van der Waals surface area contributed by atoms with Gasteiger partial charge < -0.3 is 10.2 Å². The average molecular weight is 246 g/mol. The summed E-state index contributed by atoms with van der Waals surface area (Å²) in [6.45, 7) is 0.00966. The van der Waals surface area contributed by atoms with Gasteiger partial charge >= 0.3 is 6.03 Å². The minimum Gasteiger partial charge on any atom is -0.378 e. The number of rotatable bonds is 3. The van der Waals surface area contributed by atoms with Crippen LogP contribution in [0.25, 0.3) is 0 Å². The van der Waals surface area contributed by atoms with Crippen LogP contribution >= 0.6 is 0 Å². The summed E-state index contributed by atoms with van der Waals surface area (Å²) in [5.74, 6) is -0.346. The molecule has 0 aliphatic carbocycles. The molecule has 18 heavy (non-hydrogen) atoms. The van der Waals surface area contributed by atoms with Crippen LogP contribution in [0.15, 0.2) is 29.4 Å². The fourth-order valence-electron chi connectivity index (χ4n) is 1.51. The second kappa shape index (κ2) is 4.87. The summed E-state index contributed by atoms with van der Waals surface area (Å²) in [6.07, 6.45) is 1.49. The largest absolute Gasteiger partial charge is 0.378 e. The van der Waals surface area contributed by atoms with E-state index >= 15 is 0 Å². The van der Waals surface area contributed by atoms with Gasteiger partial charge in [0.1, 0.15) is 6.54 Å². The third-order valence-corrected chi connectivity index (χ3v) is 2.55. The molecule has 0 saturated carbocycles. The predicted molar refractivity (Wildman–Crippen MR) is 68.6 cm³/mol. The number of carbonyl (C=O) groups excluding carboxylic acids is 2. The lowest BCUT2D eigenvalue weighted by Crippen LogP contribution is -2.25. The van der Waals surface area contributed by atoms with Gasteiger partial charge in [-0.05, 0) is 17.7 Å². The molecule has 1 aromatic rings. The fourth-order valence-corrected chi connectivity index (χ4v) is 1.51. The van der Waals surface area contributed by atoms with Crippen molar-refractivity contribution < 1.29 is 9.59 Å². The Balaban J connectivity index is 2.09. The molecule has 1 heterocycles. The zero-order valence-electron chi connectivity index (χ0n) is 10.3. The molecule has 1 saturated heterocycles. The minimum atomic E-state index is -0.485. The average Bonchev–Trinajstić information content (AvgIpc) is 2.67. The van der Waals surface area contributed by atoms with Gasteiger partial charge in [0.15, 0.2) is 0 Å². The van der Waals surface area contributed by atoms with Gasteiger partial charge in [-0.3, -0.25) is 4.79 Å². The van der Waals surface area contributed by atoms with E-state index in [4.69, 9.17) is 0 Å². The highest BCUT2D eigenvalue weighted by Gasteiger charge is 2.27. The van der Waals surface area contributed by atoms with Crippen molar-refractivity contribution in [3.8, 4) is 0 Å². The summed E-state index contributed by atoms with van der Waals surface area (Å²) >= 11 is 0. The van der Waals surface area contributed by atoms with Gasteiger partial charge in [0.2, 0.25) is 0 Å². The number of benzene rings is 1. The van der Waals surface area contributed by atoms with Crippen molar-refractivity contribution in [2.75, 3.05) is 25.5 Å². The van der Waals surface area contributed by atoms with Gasteiger partial charge in [0, 0.05) is 19.8 Å². The smallest absolute Gasteiger partial charge is 0.345 e. The Morgan fingerprint density at radius 2 is 1.94 bits per heavy atom. The molecule has 0 bridgehead atoms. The van der Waals surface area contributed by atoms with Crippen molar-refractivity contribution >= 4 is 23.8 Å². The maximum atomic E-state index is 11.3. The van der Waals surface area contributed by atoms with E-state index in [0.717, 1.165) is 16.3 Å². The number of nitrogens with zero attached hydrogens (tertiary/aromatic N) is 3. The van der Waals surface area contributed by atoms with E-state index in [2.05, 4.69) is 10.4 Å². The molecule has 1 aromatic carbocycles. The van der Waals surface area contributed by atoms with E-state index in [1.54, 1.807) is 0 Å². The topological polar surface area (TPSA) is 65.0 Å². The molecule has 0 aromatic heterocycles. The first kappa shape index (κ1) is 12.1. The first-order valence-electron chi connectivity index (χ1n) is 5.50. The summed E-state index contributed by atoms with van der Waals surface area (Å²) in [7, 11) is 3.91. The zero-order chi connectivity index (χ0) is 13.1. The number of hydrogen-bond acceptors (Lipinski definition) is 4. The Hall–Kier alpha value is -2.37. The molecule has 1 aliphatic heterocycles. The van der Waals surface area contributed by atoms with Crippen LogP contribution in [0.3, 0.4) is 0 Å². The van der Waals surface area contributed by atoms with Crippen molar-refractivity contribution in [3.63, 3.8) is 0 Å². The highest BCUT2D eigenvalue weighted by atomic mass is 16.2. The van der Waals surface area contributed by atoms with Crippen LogP contribution in [0, 0.1) is 0 Å². The van der Waals surface area contributed by atoms with Crippen LogP contribution in [0.2, 0.25) is 0 Å². The van der Waals surface area contributed by atoms with Crippen LogP contribution in [0.4, 0.5) is 10.5 Å². The standard InChI is InChI=1S/C12H14N4O2/c1-15(2)10-5-3-9(4-6-10)7-14-16-11(17)8-13-12(16)18/h3-7H,8H2,1-2H3,(H,13,18)/b14-7+. The van der Waals surface area contributed by atoms with E-state index in [1.165, 1.54) is 6.21 Å².